The lowest BCUT2D eigenvalue weighted by Crippen LogP contribution is -2.23. The van der Waals surface area contributed by atoms with Crippen LogP contribution >= 0.6 is 0 Å². The van der Waals surface area contributed by atoms with Crippen LogP contribution < -0.4 is 0 Å². The van der Waals surface area contributed by atoms with E-state index in [0.29, 0.717) is 5.92 Å². The van der Waals surface area contributed by atoms with E-state index in [2.05, 4.69) is 6.07 Å². The predicted molar refractivity (Wildman–Crippen MR) is 77.7 cm³/mol. The van der Waals surface area contributed by atoms with Gasteiger partial charge in [0, 0.05) is 0 Å². The second kappa shape index (κ2) is 6.07. The standard InChI is InChI=1S/C18H25F/c19-18-8-4-7-17(13-18)16-11-9-15(10-12-16)14-5-2-1-3-6-14/h4,7-8,13-16H,1-3,5-6,9-12H2. The highest BCUT2D eigenvalue weighted by Gasteiger charge is 2.28. The molecule has 0 spiro atoms. The van der Waals surface area contributed by atoms with Crippen molar-refractivity contribution in [1.29, 1.82) is 0 Å². The smallest absolute Gasteiger partial charge is 0.123 e. The maximum atomic E-state index is 13.3. The van der Waals surface area contributed by atoms with Crippen molar-refractivity contribution in [1.82, 2.24) is 0 Å². The number of rotatable bonds is 2. The Morgan fingerprint density at radius 1 is 0.789 bits per heavy atom. The second-order valence-corrected chi connectivity index (χ2v) is 6.56. The fourth-order valence-corrected chi connectivity index (χ4v) is 4.29. The lowest BCUT2D eigenvalue weighted by Gasteiger charge is -2.36. The molecular formula is C18H25F. The van der Waals surface area contributed by atoms with Gasteiger partial charge in [-0.2, -0.15) is 0 Å². The second-order valence-electron chi connectivity index (χ2n) is 6.56. The van der Waals surface area contributed by atoms with E-state index in [-0.39, 0.29) is 5.82 Å². The molecule has 1 aromatic carbocycles. The molecule has 104 valence electrons. The summed E-state index contributed by atoms with van der Waals surface area (Å²) in [6.07, 6.45) is 12.6. The fraction of sp³-hybridized carbons (Fsp3) is 0.667. The van der Waals surface area contributed by atoms with E-state index in [4.69, 9.17) is 0 Å². The third-order valence-electron chi connectivity index (χ3n) is 5.41. The first-order chi connectivity index (χ1) is 9.33. The van der Waals surface area contributed by atoms with Crippen LogP contribution in [0.4, 0.5) is 4.39 Å². The van der Waals surface area contributed by atoms with Crippen LogP contribution in [0, 0.1) is 17.7 Å². The van der Waals surface area contributed by atoms with Crippen molar-refractivity contribution in [2.24, 2.45) is 11.8 Å². The summed E-state index contributed by atoms with van der Waals surface area (Å²) in [6, 6.07) is 7.26. The number of benzene rings is 1. The van der Waals surface area contributed by atoms with Gasteiger partial charge in [-0.25, -0.2) is 4.39 Å². The first kappa shape index (κ1) is 13.1. The molecule has 0 bridgehead atoms. The van der Waals surface area contributed by atoms with Crippen LogP contribution in [-0.2, 0) is 0 Å². The monoisotopic (exact) mass is 260 g/mol. The number of hydrogen-bond acceptors (Lipinski definition) is 0. The molecule has 2 aliphatic rings. The van der Waals surface area contributed by atoms with Crippen molar-refractivity contribution >= 4 is 0 Å². The first-order valence-electron chi connectivity index (χ1n) is 8.08. The molecule has 1 heteroatoms. The summed E-state index contributed by atoms with van der Waals surface area (Å²) in [5.74, 6) is 2.50. The third-order valence-corrected chi connectivity index (χ3v) is 5.41. The fourth-order valence-electron chi connectivity index (χ4n) is 4.29. The van der Waals surface area contributed by atoms with E-state index in [9.17, 15) is 4.39 Å². The van der Waals surface area contributed by atoms with Crippen molar-refractivity contribution in [3.63, 3.8) is 0 Å². The average molecular weight is 260 g/mol. The lowest BCUT2D eigenvalue weighted by atomic mass is 9.70. The first-order valence-corrected chi connectivity index (χ1v) is 8.08. The molecule has 1 aromatic rings. The van der Waals surface area contributed by atoms with Crippen molar-refractivity contribution < 1.29 is 4.39 Å². The van der Waals surface area contributed by atoms with Crippen molar-refractivity contribution in [2.75, 3.05) is 0 Å². The Morgan fingerprint density at radius 3 is 2.16 bits per heavy atom. The minimum Gasteiger partial charge on any atom is -0.207 e. The number of hydrogen-bond donors (Lipinski definition) is 0. The molecule has 19 heavy (non-hydrogen) atoms. The van der Waals surface area contributed by atoms with Gasteiger partial charge in [-0.3, -0.25) is 0 Å². The van der Waals surface area contributed by atoms with Crippen LogP contribution in [0.3, 0.4) is 0 Å². The Kier molecular flexibility index (Phi) is 4.20. The van der Waals surface area contributed by atoms with Crippen LogP contribution in [-0.4, -0.2) is 0 Å². The van der Waals surface area contributed by atoms with Crippen LogP contribution in [0.15, 0.2) is 24.3 Å². The highest BCUT2D eigenvalue weighted by molar-refractivity contribution is 5.21. The SMILES string of the molecule is Fc1cccc(C2CCC(C3CCCCC3)CC2)c1. The molecule has 0 aliphatic heterocycles. The summed E-state index contributed by atoms with van der Waals surface area (Å²) < 4.78 is 13.3. The summed E-state index contributed by atoms with van der Waals surface area (Å²) in [5, 5.41) is 0. The Hall–Kier alpha value is -0.850. The van der Waals surface area contributed by atoms with Crippen LogP contribution in [0.5, 0.6) is 0 Å². The van der Waals surface area contributed by atoms with Gasteiger partial charge in [0.25, 0.3) is 0 Å². The molecule has 0 N–H and O–H groups in total. The molecule has 2 fully saturated rings. The quantitative estimate of drug-likeness (QED) is 0.641. The highest BCUT2D eigenvalue weighted by atomic mass is 19.1. The molecule has 0 amide bonds. The number of halogens is 1. The molecule has 0 nitrogen and oxygen atoms in total. The van der Waals surface area contributed by atoms with Crippen LogP contribution in [0.2, 0.25) is 0 Å². The molecule has 3 rings (SSSR count). The lowest BCUT2D eigenvalue weighted by molar-refractivity contribution is 0.186. The molecule has 2 saturated carbocycles. The van der Waals surface area contributed by atoms with E-state index >= 15 is 0 Å². The Bertz CT molecular complexity index is 398. The van der Waals surface area contributed by atoms with Crippen molar-refractivity contribution in [2.45, 2.75) is 63.7 Å². The van der Waals surface area contributed by atoms with Crippen molar-refractivity contribution in [3.8, 4) is 0 Å². The van der Waals surface area contributed by atoms with E-state index < -0.39 is 0 Å². The summed E-state index contributed by atoms with van der Waals surface area (Å²) in [4.78, 5) is 0. The molecular weight excluding hydrogens is 235 g/mol. The van der Waals surface area contributed by atoms with E-state index in [1.165, 1.54) is 63.4 Å². The summed E-state index contributed by atoms with van der Waals surface area (Å²) in [6.45, 7) is 0. The maximum Gasteiger partial charge on any atom is 0.123 e. The molecule has 2 aliphatic carbocycles. The van der Waals surface area contributed by atoms with Gasteiger partial charge in [-0.05, 0) is 61.1 Å². The zero-order valence-corrected chi connectivity index (χ0v) is 11.8. The molecule has 0 unspecified atom stereocenters. The van der Waals surface area contributed by atoms with Gasteiger partial charge < -0.3 is 0 Å². The minimum absolute atomic E-state index is 0.0769. The highest BCUT2D eigenvalue weighted by Crippen LogP contribution is 2.42. The topological polar surface area (TPSA) is 0 Å². The zero-order valence-electron chi connectivity index (χ0n) is 11.8. The normalized spacial score (nSPS) is 29.3. The van der Waals surface area contributed by atoms with Gasteiger partial charge in [0.15, 0.2) is 0 Å². The van der Waals surface area contributed by atoms with Crippen LogP contribution in [0.25, 0.3) is 0 Å². The van der Waals surface area contributed by atoms with E-state index in [1.807, 2.05) is 6.07 Å². The summed E-state index contributed by atoms with van der Waals surface area (Å²) in [5.41, 5.74) is 1.22. The zero-order chi connectivity index (χ0) is 13.1. The van der Waals surface area contributed by atoms with Gasteiger partial charge >= 0.3 is 0 Å². The Morgan fingerprint density at radius 2 is 1.47 bits per heavy atom. The van der Waals surface area contributed by atoms with Gasteiger partial charge in [0.05, 0.1) is 0 Å². The van der Waals surface area contributed by atoms with Gasteiger partial charge in [0.2, 0.25) is 0 Å². The molecule has 0 aromatic heterocycles. The van der Waals surface area contributed by atoms with Gasteiger partial charge in [-0.15, -0.1) is 0 Å². The molecule has 0 radical (unpaired) electrons. The summed E-state index contributed by atoms with van der Waals surface area (Å²) in [7, 11) is 0. The van der Waals surface area contributed by atoms with E-state index in [1.54, 1.807) is 12.1 Å². The van der Waals surface area contributed by atoms with Gasteiger partial charge in [0.1, 0.15) is 5.82 Å². The molecule has 0 atom stereocenters. The summed E-state index contributed by atoms with van der Waals surface area (Å²) >= 11 is 0. The van der Waals surface area contributed by atoms with Crippen molar-refractivity contribution in [3.05, 3.63) is 35.6 Å². The average Bonchev–Trinajstić information content (AvgIpc) is 2.48. The Balaban J connectivity index is 1.57. The third kappa shape index (κ3) is 3.19. The minimum atomic E-state index is -0.0769. The van der Waals surface area contributed by atoms with Crippen LogP contribution in [0.1, 0.15) is 69.3 Å². The molecule has 0 heterocycles. The predicted octanol–water partition coefficient (Wildman–Crippen LogP) is 5.68. The maximum absolute atomic E-state index is 13.3. The van der Waals surface area contributed by atoms with Gasteiger partial charge in [-0.1, -0.05) is 44.2 Å². The Labute approximate surface area is 116 Å². The molecule has 0 saturated heterocycles. The largest absolute Gasteiger partial charge is 0.207 e. The van der Waals surface area contributed by atoms with E-state index in [0.717, 1.165) is 11.8 Å².